The molecule has 2 heterocycles. The molecule has 0 spiro atoms. The minimum absolute atomic E-state index is 0.0402. The number of rotatable bonds is 21. The van der Waals surface area contributed by atoms with Gasteiger partial charge in [-0.1, -0.05) is 32.9 Å². The minimum Gasteiger partial charge on any atom is -0.483 e. The zero-order valence-electron chi connectivity index (χ0n) is 37.7. The first kappa shape index (κ1) is 52.0. The van der Waals surface area contributed by atoms with Crippen LogP contribution in [-0.4, -0.2) is 108 Å². The Labute approximate surface area is 407 Å². The molecule has 1 aliphatic carbocycles. The van der Waals surface area contributed by atoms with Crippen molar-refractivity contribution in [3.8, 4) is 16.2 Å². The van der Waals surface area contributed by atoms with Gasteiger partial charge in [-0.25, -0.2) is 28.0 Å². The van der Waals surface area contributed by atoms with Gasteiger partial charge >= 0.3 is 0 Å². The van der Waals surface area contributed by atoms with Crippen molar-refractivity contribution in [2.45, 2.75) is 83.8 Å². The number of aliphatic hydroxyl groups is 1. The lowest BCUT2D eigenvalue weighted by atomic mass is 9.85. The first-order valence-corrected chi connectivity index (χ1v) is 23.7. The van der Waals surface area contributed by atoms with E-state index in [1.54, 1.807) is 44.5 Å². The molecule has 1 aliphatic heterocycles. The molecule has 68 heavy (non-hydrogen) atoms. The van der Waals surface area contributed by atoms with Crippen molar-refractivity contribution in [1.29, 1.82) is 0 Å². The Balaban J connectivity index is 0.960. The molecule has 0 bridgehead atoms. The van der Waals surface area contributed by atoms with Crippen molar-refractivity contribution in [2.24, 2.45) is 5.41 Å². The van der Waals surface area contributed by atoms with Crippen molar-refractivity contribution in [3.05, 3.63) is 91.9 Å². The summed E-state index contributed by atoms with van der Waals surface area (Å²) in [4.78, 5) is 77.6. The number of aromatic nitrogens is 1. The van der Waals surface area contributed by atoms with Gasteiger partial charge in [0.05, 0.1) is 45.7 Å². The van der Waals surface area contributed by atoms with Gasteiger partial charge in [0.1, 0.15) is 23.7 Å². The van der Waals surface area contributed by atoms with Crippen molar-refractivity contribution in [1.82, 2.24) is 36.6 Å². The molecule has 16 nitrogen and oxygen atoms in total. The van der Waals surface area contributed by atoms with Crippen LogP contribution in [0.2, 0.25) is 0 Å². The fourth-order valence-electron chi connectivity index (χ4n) is 7.21. The number of nitrogens with zero attached hydrogens (tertiary/aromatic N) is 2. The first-order valence-electron chi connectivity index (χ1n) is 21.8. The number of nitrogens with one attached hydrogen (secondary N) is 6. The highest BCUT2D eigenvalue weighted by molar-refractivity contribution is 14.1. The zero-order chi connectivity index (χ0) is 49.3. The lowest BCUT2D eigenvalue weighted by Gasteiger charge is -2.35. The van der Waals surface area contributed by atoms with E-state index in [9.17, 15) is 46.6 Å². The van der Waals surface area contributed by atoms with E-state index in [0.717, 1.165) is 28.3 Å². The van der Waals surface area contributed by atoms with Gasteiger partial charge in [-0.3, -0.25) is 28.8 Å². The molecule has 1 saturated heterocycles. The number of benzene rings is 3. The number of ether oxygens (including phenoxy) is 1. The summed E-state index contributed by atoms with van der Waals surface area (Å²) in [6.45, 7) is 7.48. The van der Waals surface area contributed by atoms with Crippen LogP contribution >= 0.6 is 33.9 Å². The number of hydrogen-bond donors (Lipinski definition) is 7. The van der Waals surface area contributed by atoms with Gasteiger partial charge in [-0.2, -0.15) is 0 Å². The summed E-state index contributed by atoms with van der Waals surface area (Å²) in [5, 5.41) is 24.3. The fourth-order valence-corrected chi connectivity index (χ4v) is 8.47. The molecular weight excluding hydrogens is 1030 g/mol. The Bertz CT molecular complexity index is 2510. The highest BCUT2D eigenvalue weighted by Crippen LogP contribution is 2.41. The number of anilines is 2. The van der Waals surface area contributed by atoms with Gasteiger partial charge in [0.15, 0.2) is 23.9 Å². The Morgan fingerprint density at radius 2 is 1.76 bits per heavy atom. The van der Waals surface area contributed by atoms with E-state index in [1.807, 2.05) is 35.6 Å². The van der Waals surface area contributed by atoms with E-state index in [0.29, 0.717) is 34.4 Å². The number of β-amino-alcohol motifs (C(OH)–C–C–N with tert-alkyl or cyclic N) is 1. The molecule has 1 saturated carbocycles. The van der Waals surface area contributed by atoms with Crippen LogP contribution in [-0.2, 0) is 30.6 Å². The Morgan fingerprint density at radius 1 is 1.00 bits per heavy atom. The number of hydroxylamine groups is 1. The van der Waals surface area contributed by atoms with Crippen LogP contribution < -0.4 is 36.8 Å². The quantitative estimate of drug-likeness (QED) is 0.0245. The van der Waals surface area contributed by atoms with Crippen molar-refractivity contribution in [2.75, 3.05) is 44.7 Å². The number of thiazole rings is 1. The van der Waals surface area contributed by atoms with Gasteiger partial charge in [0.2, 0.25) is 11.8 Å². The van der Waals surface area contributed by atoms with Gasteiger partial charge in [0.25, 0.3) is 17.7 Å². The number of carbonyl (C=O) groups is 5. The molecule has 6 rings (SSSR count). The average Bonchev–Trinajstić information content (AvgIpc) is 3.70. The Morgan fingerprint density at radius 3 is 2.46 bits per heavy atom. The number of carbonyl (C=O) groups excluding carboxylic acids is 5. The molecule has 7 N–H and O–H groups in total. The number of likely N-dealkylation sites (tertiary alicyclic amines) is 1. The van der Waals surface area contributed by atoms with E-state index in [-0.39, 0.29) is 63.4 Å². The standard InChI is InChI=1S/C46H53F4IN8O8S/c1-25-39(68-24-55-25)26-6-7-27(21-54-42(63)34-20-29(60)22-59(34)43(64)40(45(2,3)4)57-44(65)46(50)12-13-46)35(18-26)66-23-36(61)53-16-15-52-14-5-17-67-58-41(62)30-9-10-31(47)37(49)38(30)56-33-11-8-28(51)19-32(33)48/h6-11,18-19,24,29,34,40,52,56,60H,5,12-17,20-23H2,1-4H3,(H,53,61)(H,54,63)(H,57,65)(H,58,62)/t29-,34?,40-/m1/s1. The maximum atomic E-state index is 14.7. The molecule has 3 atom stereocenters. The number of halogens is 5. The van der Waals surface area contributed by atoms with Crippen LogP contribution in [0.5, 0.6) is 5.75 Å². The number of aryl methyl sites for hydroxylation is 1. The summed E-state index contributed by atoms with van der Waals surface area (Å²) in [7, 11) is 0. The average molecular weight is 1080 g/mol. The van der Waals surface area contributed by atoms with Crippen LogP contribution in [0.4, 0.5) is 28.9 Å². The highest BCUT2D eigenvalue weighted by atomic mass is 127. The lowest BCUT2D eigenvalue weighted by molar-refractivity contribution is -0.145. The molecular formula is C46H53F4IN8O8S. The van der Waals surface area contributed by atoms with Crippen LogP contribution in [0.3, 0.4) is 0 Å². The molecule has 0 radical (unpaired) electrons. The van der Waals surface area contributed by atoms with Gasteiger partial charge in [-0.05, 0) is 103 Å². The fraction of sp³-hybridized carbons (Fsp3) is 0.435. The number of hydrogen-bond acceptors (Lipinski definition) is 12. The summed E-state index contributed by atoms with van der Waals surface area (Å²) in [6, 6.07) is 8.99. The summed E-state index contributed by atoms with van der Waals surface area (Å²) in [6.07, 6.45) is -0.510. The predicted octanol–water partition coefficient (Wildman–Crippen LogP) is 5.33. The third-order valence-electron chi connectivity index (χ3n) is 11.2. The predicted molar refractivity (Wildman–Crippen MR) is 253 cm³/mol. The summed E-state index contributed by atoms with van der Waals surface area (Å²) in [5.41, 5.74) is 2.09. The van der Waals surface area contributed by atoms with Gasteiger partial charge < -0.3 is 41.3 Å². The van der Waals surface area contributed by atoms with Crippen LogP contribution in [0.1, 0.15) is 68.1 Å². The first-order chi connectivity index (χ1) is 32.2. The third kappa shape index (κ3) is 13.4. The SMILES string of the molecule is Cc1ncsc1-c1ccc(CNC(=O)C2C[C@@H](O)CN2C(=O)[C@@H](NC(=O)C2(F)CC2)C(C)(C)C)c(OCC(=O)NCCNCCCONC(=O)c2ccc(F)c(F)c2Nc2ccc(I)cc2F)c1. The number of alkyl halides is 1. The minimum atomic E-state index is -2.01. The van der Waals surface area contributed by atoms with Crippen molar-refractivity contribution < 1.29 is 56.2 Å². The Hall–Kier alpha value is -5.43. The Kier molecular flexibility index (Phi) is 17.4. The normalized spacial score (nSPS) is 16.7. The van der Waals surface area contributed by atoms with Gasteiger partial charge in [0, 0.05) is 41.7 Å². The van der Waals surface area contributed by atoms with Crippen molar-refractivity contribution in [3.63, 3.8) is 0 Å². The second-order valence-electron chi connectivity index (χ2n) is 17.5. The molecule has 5 amide bonds. The van der Waals surface area contributed by atoms with E-state index in [2.05, 4.69) is 37.0 Å². The maximum Gasteiger partial charge on any atom is 0.277 e. The van der Waals surface area contributed by atoms with E-state index < -0.39 is 81.9 Å². The number of aliphatic hydroxyl groups excluding tert-OH is 1. The number of amides is 5. The molecule has 3 aromatic carbocycles. The largest absolute Gasteiger partial charge is 0.483 e. The van der Waals surface area contributed by atoms with Crippen LogP contribution in [0.25, 0.3) is 10.4 Å². The summed E-state index contributed by atoms with van der Waals surface area (Å²) < 4.78 is 64.4. The smallest absolute Gasteiger partial charge is 0.277 e. The summed E-state index contributed by atoms with van der Waals surface area (Å²) in [5.74, 6) is -6.37. The maximum absolute atomic E-state index is 14.7. The van der Waals surface area contributed by atoms with E-state index in [4.69, 9.17) is 9.57 Å². The van der Waals surface area contributed by atoms with E-state index in [1.165, 1.54) is 28.4 Å². The second-order valence-corrected chi connectivity index (χ2v) is 19.6. The van der Waals surface area contributed by atoms with Crippen LogP contribution in [0.15, 0.2) is 54.0 Å². The summed E-state index contributed by atoms with van der Waals surface area (Å²) >= 11 is 3.32. The van der Waals surface area contributed by atoms with Crippen molar-refractivity contribution >= 4 is 74.8 Å². The molecule has 1 aromatic heterocycles. The molecule has 366 valence electrons. The third-order valence-corrected chi connectivity index (χ3v) is 12.8. The topological polar surface area (TPSA) is 212 Å². The lowest BCUT2D eigenvalue weighted by Crippen LogP contribution is -2.59. The molecule has 2 fully saturated rings. The van der Waals surface area contributed by atoms with Crippen LogP contribution in [0, 0.1) is 33.4 Å². The zero-order valence-corrected chi connectivity index (χ0v) is 40.7. The monoisotopic (exact) mass is 1080 g/mol. The second kappa shape index (κ2) is 22.8. The molecule has 2 aliphatic rings. The van der Waals surface area contributed by atoms with Gasteiger partial charge in [-0.15, -0.1) is 11.3 Å². The molecule has 22 heteroatoms. The molecule has 1 unspecified atom stereocenters. The van der Waals surface area contributed by atoms with E-state index >= 15 is 0 Å². The molecule has 4 aromatic rings. The highest BCUT2D eigenvalue weighted by Gasteiger charge is 2.53.